The molecule has 1 aromatic rings. The molecule has 1 aliphatic carbocycles. The van der Waals surface area contributed by atoms with E-state index in [1.807, 2.05) is 6.07 Å². The van der Waals surface area contributed by atoms with Crippen LogP contribution in [-0.4, -0.2) is 17.8 Å². The molecule has 0 bridgehead atoms. The summed E-state index contributed by atoms with van der Waals surface area (Å²) in [6.45, 7) is 1.34. The van der Waals surface area contributed by atoms with Gasteiger partial charge in [0.1, 0.15) is 5.82 Å². The standard InChI is InChI=1S/C15H19FN2O/c16-15-7-12(8-17)1-4-13(15)10-18-9-11-2-5-14(19)6-3-11/h1,4,7,11,14,18-19H,2-3,5-6,9-10H2. The van der Waals surface area contributed by atoms with Crippen molar-refractivity contribution in [2.45, 2.75) is 38.3 Å². The Morgan fingerprint density at radius 3 is 2.68 bits per heavy atom. The van der Waals surface area contributed by atoms with Crippen LogP contribution in [0.15, 0.2) is 18.2 Å². The summed E-state index contributed by atoms with van der Waals surface area (Å²) in [7, 11) is 0. The Morgan fingerprint density at radius 2 is 2.05 bits per heavy atom. The number of nitriles is 1. The van der Waals surface area contributed by atoms with Crippen LogP contribution in [-0.2, 0) is 6.54 Å². The van der Waals surface area contributed by atoms with Crippen molar-refractivity contribution in [1.82, 2.24) is 5.32 Å². The molecule has 4 heteroatoms. The molecule has 102 valence electrons. The lowest BCUT2D eigenvalue weighted by Gasteiger charge is -2.25. The predicted molar refractivity (Wildman–Crippen MR) is 70.8 cm³/mol. The average molecular weight is 262 g/mol. The lowest BCUT2D eigenvalue weighted by molar-refractivity contribution is 0.108. The van der Waals surface area contributed by atoms with Gasteiger partial charge in [-0.05, 0) is 50.3 Å². The van der Waals surface area contributed by atoms with Gasteiger partial charge in [0.15, 0.2) is 0 Å². The number of aliphatic hydroxyl groups excluding tert-OH is 1. The summed E-state index contributed by atoms with van der Waals surface area (Å²) in [5.41, 5.74) is 0.942. The Hall–Kier alpha value is -1.44. The summed E-state index contributed by atoms with van der Waals surface area (Å²) in [5, 5.41) is 21.3. The zero-order valence-corrected chi connectivity index (χ0v) is 10.9. The number of aliphatic hydroxyl groups is 1. The third-order valence-corrected chi connectivity index (χ3v) is 3.75. The molecule has 0 spiro atoms. The third-order valence-electron chi connectivity index (χ3n) is 3.75. The second kappa shape index (κ2) is 6.65. The van der Waals surface area contributed by atoms with Crippen molar-refractivity contribution < 1.29 is 9.50 Å². The van der Waals surface area contributed by atoms with Gasteiger partial charge in [0.25, 0.3) is 0 Å². The maximum Gasteiger partial charge on any atom is 0.129 e. The fraction of sp³-hybridized carbons (Fsp3) is 0.533. The monoisotopic (exact) mass is 262 g/mol. The molecule has 0 unspecified atom stereocenters. The third kappa shape index (κ3) is 4.02. The molecule has 2 rings (SSSR count). The number of nitrogens with one attached hydrogen (secondary N) is 1. The van der Waals surface area contributed by atoms with Crippen LogP contribution in [0.1, 0.15) is 36.8 Å². The van der Waals surface area contributed by atoms with Gasteiger partial charge in [-0.1, -0.05) is 6.07 Å². The van der Waals surface area contributed by atoms with E-state index in [0.29, 0.717) is 23.6 Å². The van der Waals surface area contributed by atoms with E-state index in [0.717, 1.165) is 32.2 Å². The van der Waals surface area contributed by atoms with Crippen LogP contribution in [0.4, 0.5) is 4.39 Å². The molecule has 0 saturated heterocycles. The van der Waals surface area contributed by atoms with Crippen LogP contribution in [0, 0.1) is 23.1 Å². The van der Waals surface area contributed by atoms with Gasteiger partial charge >= 0.3 is 0 Å². The van der Waals surface area contributed by atoms with Gasteiger partial charge in [-0.3, -0.25) is 0 Å². The first-order valence-electron chi connectivity index (χ1n) is 6.76. The molecule has 0 radical (unpaired) electrons. The minimum atomic E-state index is -0.328. The minimum absolute atomic E-state index is 0.132. The van der Waals surface area contributed by atoms with Crippen LogP contribution in [0.25, 0.3) is 0 Å². The van der Waals surface area contributed by atoms with E-state index in [1.165, 1.54) is 6.07 Å². The van der Waals surface area contributed by atoms with E-state index >= 15 is 0 Å². The van der Waals surface area contributed by atoms with Gasteiger partial charge in [0.05, 0.1) is 17.7 Å². The van der Waals surface area contributed by atoms with E-state index in [2.05, 4.69) is 5.32 Å². The molecular formula is C15H19FN2O. The topological polar surface area (TPSA) is 56.0 Å². The van der Waals surface area contributed by atoms with Gasteiger partial charge in [0.2, 0.25) is 0 Å². The molecule has 0 amide bonds. The summed E-state index contributed by atoms with van der Waals surface area (Å²) in [6, 6.07) is 6.49. The maximum atomic E-state index is 13.6. The Labute approximate surface area is 113 Å². The summed E-state index contributed by atoms with van der Waals surface area (Å²) >= 11 is 0. The molecule has 19 heavy (non-hydrogen) atoms. The highest BCUT2D eigenvalue weighted by Gasteiger charge is 2.18. The highest BCUT2D eigenvalue weighted by atomic mass is 19.1. The van der Waals surface area contributed by atoms with Gasteiger partial charge < -0.3 is 10.4 Å². The zero-order chi connectivity index (χ0) is 13.7. The molecule has 3 nitrogen and oxygen atoms in total. The normalized spacial score (nSPS) is 23.0. The molecule has 0 aromatic heterocycles. The molecule has 1 aliphatic rings. The second-order valence-corrected chi connectivity index (χ2v) is 5.22. The molecule has 0 aliphatic heterocycles. The van der Waals surface area contributed by atoms with E-state index in [4.69, 9.17) is 5.26 Å². The molecule has 0 heterocycles. The Kier molecular flexibility index (Phi) is 4.89. The zero-order valence-electron chi connectivity index (χ0n) is 10.9. The van der Waals surface area contributed by atoms with Crippen LogP contribution in [0.3, 0.4) is 0 Å². The predicted octanol–water partition coefficient (Wildman–Crippen LogP) is 2.34. The second-order valence-electron chi connectivity index (χ2n) is 5.22. The molecule has 2 N–H and O–H groups in total. The highest BCUT2D eigenvalue weighted by Crippen LogP contribution is 2.23. The fourth-order valence-electron chi connectivity index (χ4n) is 2.52. The summed E-state index contributed by atoms with van der Waals surface area (Å²) in [6.07, 6.45) is 3.68. The highest BCUT2D eigenvalue weighted by molar-refractivity contribution is 5.32. The van der Waals surface area contributed by atoms with Gasteiger partial charge in [-0.15, -0.1) is 0 Å². The number of benzene rings is 1. The summed E-state index contributed by atoms with van der Waals surface area (Å²) < 4.78 is 13.6. The average Bonchev–Trinajstić information content (AvgIpc) is 2.42. The number of hydrogen-bond acceptors (Lipinski definition) is 3. The van der Waals surface area contributed by atoms with E-state index in [1.54, 1.807) is 12.1 Å². The van der Waals surface area contributed by atoms with Crippen molar-refractivity contribution in [2.24, 2.45) is 5.92 Å². The summed E-state index contributed by atoms with van der Waals surface area (Å²) in [5.74, 6) is 0.246. The van der Waals surface area contributed by atoms with Crippen molar-refractivity contribution in [3.63, 3.8) is 0 Å². The summed E-state index contributed by atoms with van der Waals surface area (Å²) in [4.78, 5) is 0. The first-order chi connectivity index (χ1) is 9.19. The van der Waals surface area contributed by atoms with Crippen LogP contribution in [0.2, 0.25) is 0 Å². The molecule has 0 atom stereocenters. The van der Waals surface area contributed by atoms with Crippen LogP contribution < -0.4 is 5.32 Å². The van der Waals surface area contributed by atoms with Crippen molar-refractivity contribution >= 4 is 0 Å². The van der Waals surface area contributed by atoms with Gasteiger partial charge in [-0.25, -0.2) is 4.39 Å². The quantitative estimate of drug-likeness (QED) is 0.875. The Balaban J connectivity index is 1.78. The lowest BCUT2D eigenvalue weighted by Crippen LogP contribution is -2.27. The van der Waals surface area contributed by atoms with E-state index in [-0.39, 0.29) is 11.9 Å². The largest absolute Gasteiger partial charge is 0.393 e. The van der Waals surface area contributed by atoms with E-state index < -0.39 is 0 Å². The lowest BCUT2D eigenvalue weighted by atomic mass is 9.87. The smallest absolute Gasteiger partial charge is 0.129 e. The SMILES string of the molecule is N#Cc1ccc(CNCC2CCC(O)CC2)c(F)c1. The molecule has 1 fully saturated rings. The Morgan fingerprint density at radius 1 is 1.32 bits per heavy atom. The first kappa shape index (κ1) is 14.0. The molecule has 1 aromatic carbocycles. The van der Waals surface area contributed by atoms with Crippen molar-refractivity contribution in [3.05, 3.63) is 35.1 Å². The first-order valence-corrected chi connectivity index (χ1v) is 6.76. The molecular weight excluding hydrogens is 243 g/mol. The van der Waals surface area contributed by atoms with Crippen LogP contribution in [0.5, 0.6) is 0 Å². The van der Waals surface area contributed by atoms with Crippen LogP contribution >= 0.6 is 0 Å². The minimum Gasteiger partial charge on any atom is -0.393 e. The van der Waals surface area contributed by atoms with Gasteiger partial charge in [0, 0.05) is 12.1 Å². The van der Waals surface area contributed by atoms with E-state index in [9.17, 15) is 9.50 Å². The number of rotatable bonds is 4. The van der Waals surface area contributed by atoms with Crippen molar-refractivity contribution in [2.75, 3.05) is 6.54 Å². The Bertz CT molecular complexity index is 462. The van der Waals surface area contributed by atoms with Crippen molar-refractivity contribution in [3.8, 4) is 6.07 Å². The number of hydrogen-bond donors (Lipinski definition) is 2. The maximum absolute atomic E-state index is 13.6. The molecule has 1 saturated carbocycles. The van der Waals surface area contributed by atoms with Crippen molar-refractivity contribution in [1.29, 1.82) is 5.26 Å². The fourth-order valence-corrected chi connectivity index (χ4v) is 2.52. The number of nitrogens with zero attached hydrogens (tertiary/aromatic N) is 1. The number of halogens is 1. The van der Waals surface area contributed by atoms with Gasteiger partial charge in [-0.2, -0.15) is 5.26 Å².